The van der Waals surface area contributed by atoms with Crippen LogP contribution in [0.25, 0.3) is 0 Å². The molecule has 4 heteroatoms. The van der Waals surface area contributed by atoms with Gasteiger partial charge in [0.1, 0.15) is 0 Å². The third-order valence-electron chi connectivity index (χ3n) is 2.84. The van der Waals surface area contributed by atoms with E-state index in [1.54, 1.807) is 6.92 Å². The van der Waals surface area contributed by atoms with Gasteiger partial charge < -0.3 is 10.0 Å². The summed E-state index contributed by atoms with van der Waals surface area (Å²) < 4.78 is 0. The Morgan fingerprint density at radius 2 is 1.94 bits per heavy atom. The zero-order valence-corrected chi connectivity index (χ0v) is 12.0. The van der Waals surface area contributed by atoms with E-state index in [2.05, 4.69) is 0 Å². The van der Waals surface area contributed by atoms with Crippen molar-refractivity contribution < 1.29 is 9.90 Å². The molecule has 3 nitrogen and oxygen atoms in total. The topological polar surface area (TPSA) is 40.5 Å². The van der Waals surface area contributed by atoms with Crippen molar-refractivity contribution in [3.05, 3.63) is 29.8 Å². The first-order valence-electron chi connectivity index (χ1n) is 6.27. The smallest absolute Gasteiger partial charge is 0.232 e. The van der Waals surface area contributed by atoms with Crippen LogP contribution < -0.4 is 0 Å². The molecule has 1 aromatic rings. The largest absolute Gasteiger partial charge is 0.389 e. The highest BCUT2D eigenvalue weighted by Gasteiger charge is 2.12. The summed E-state index contributed by atoms with van der Waals surface area (Å²) >= 11 is 1.49. The highest BCUT2D eigenvalue weighted by Crippen LogP contribution is 2.27. The number of rotatable bonds is 6. The van der Waals surface area contributed by atoms with Crippen LogP contribution in [0.1, 0.15) is 32.4 Å². The van der Waals surface area contributed by atoms with Gasteiger partial charge in [-0.2, -0.15) is 0 Å². The SMILES string of the molecule is CCN(CC)C(=O)CSc1ccccc1C(C)O. The van der Waals surface area contributed by atoms with Crippen molar-refractivity contribution in [3.63, 3.8) is 0 Å². The number of benzene rings is 1. The Balaban J connectivity index is 2.66. The molecule has 1 amide bonds. The molecule has 0 aliphatic heterocycles. The molecule has 0 aromatic heterocycles. The van der Waals surface area contributed by atoms with Gasteiger partial charge in [-0.05, 0) is 32.4 Å². The first-order chi connectivity index (χ1) is 8.60. The minimum absolute atomic E-state index is 0.144. The molecule has 0 heterocycles. The minimum atomic E-state index is -0.503. The van der Waals surface area contributed by atoms with Crippen LogP contribution in [0.2, 0.25) is 0 Å². The van der Waals surface area contributed by atoms with Crippen molar-refractivity contribution >= 4 is 17.7 Å². The van der Waals surface area contributed by atoms with Gasteiger partial charge in [0.2, 0.25) is 5.91 Å². The van der Waals surface area contributed by atoms with E-state index in [-0.39, 0.29) is 5.91 Å². The molecule has 0 bridgehead atoms. The Morgan fingerprint density at radius 1 is 1.33 bits per heavy atom. The number of amides is 1. The molecule has 100 valence electrons. The van der Waals surface area contributed by atoms with Crippen LogP contribution in [0.5, 0.6) is 0 Å². The van der Waals surface area contributed by atoms with Gasteiger partial charge in [0, 0.05) is 18.0 Å². The van der Waals surface area contributed by atoms with Crippen LogP contribution in [-0.4, -0.2) is 34.8 Å². The summed E-state index contributed by atoms with van der Waals surface area (Å²) in [5.74, 6) is 0.566. The van der Waals surface area contributed by atoms with E-state index in [1.165, 1.54) is 11.8 Å². The lowest BCUT2D eigenvalue weighted by Crippen LogP contribution is -2.31. The van der Waals surface area contributed by atoms with Crippen molar-refractivity contribution in [2.45, 2.75) is 31.8 Å². The molecule has 0 saturated heterocycles. The van der Waals surface area contributed by atoms with Crippen molar-refractivity contribution in [2.24, 2.45) is 0 Å². The van der Waals surface area contributed by atoms with Crippen molar-refractivity contribution in [1.29, 1.82) is 0 Å². The van der Waals surface area contributed by atoms with Gasteiger partial charge in [0.05, 0.1) is 11.9 Å². The molecule has 0 aliphatic carbocycles. The van der Waals surface area contributed by atoms with Crippen LogP contribution in [0.3, 0.4) is 0 Å². The summed E-state index contributed by atoms with van der Waals surface area (Å²) in [5.41, 5.74) is 0.884. The third kappa shape index (κ3) is 4.03. The zero-order valence-electron chi connectivity index (χ0n) is 11.2. The predicted octanol–water partition coefficient (Wildman–Crippen LogP) is 2.70. The molecule has 0 saturated carbocycles. The molecule has 1 rings (SSSR count). The number of hydrogen-bond donors (Lipinski definition) is 1. The van der Waals surface area contributed by atoms with Gasteiger partial charge >= 0.3 is 0 Å². The Kier molecular flexibility index (Phi) is 6.22. The Hall–Kier alpha value is -1.00. The number of thioether (sulfide) groups is 1. The van der Waals surface area contributed by atoms with Gasteiger partial charge in [-0.15, -0.1) is 11.8 Å². The molecule has 18 heavy (non-hydrogen) atoms. The predicted molar refractivity (Wildman–Crippen MR) is 75.7 cm³/mol. The quantitative estimate of drug-likeness (QED) is 0.806. The van der Waals surface area contributed by atoms with Gasteiger partial charge in [-0.1, -0.05) is 18.2 Å². The number of nitrogens with zero attached hydrogens (tertiary/aromatic N) is 1. The van der Waals surface area contributed by atoms with Gasteiger partial charge in [-0.3, -0.25) is 4.79 Å². The summed E-state index contributed by atoms with van der Waals surface area (Å²) in [5, 5.41) is 9.66. The number of aliphatic hydroxyl groups is 1. The van der Waals surface area contributed by atoms with Gasteiger partial charge in [0.25, 0.3) is 0 Å². The van der Waals surface area contributed by atoms with Crippen LogP contribution in [0.4, 0.5) is 0 Å². The van der Waals surface area contributed by atoms with Crippen molar-refractivity contribution in [2.75, 3.05) is 18.8 Å². The molecule has 1 aromatic carbocycles. The lowest BCUT2D eigenvalue weighted by atomic mass is 10.1. The molecule has 0 spiro atoms. The Labute approximate surface area is 113 Å². The maximum Gasteiger partial charge on any atom is 0.232 e. The monoisotopic (exact) mass is 267 g/mol. The maximum atomic E-state index is 11.9. The summed E-state index contributed by atoms with van der Waals surface area (Å²) in [6.45, 7) is 7.19. The second kappa shape index (κ2) is 7.44. The van der Waals surface area contributed by atoms with E-state index < -0.39 is 6.10 Å². The van der Waals surface area contributed by atoms with Crippen molar-refractivity contribution in [1.82, 2.24) is 4.90 Å². The highest BCUT2D eigenvalue weighted by molar-refractivity contribution is 8.00. The van der Waals surface area contributed by atoms with Gasteiger partial charge in [-0.25, -0.2) is 0 Å². The zero-order chi connectivity index (χ0) is 13.5. The van der Waals surface area contributed by atoms with Crippen LogP contribution in [0.15, 0.2) is 29.2 Å². The van der Waals surface area contributed by atoms with Gasteiger partial charge in [0.15, 0.2) is 0 Å². The number of hydrogen-bond acceptors (Lipinski definition) is 3. The summed E-state index contributed by atoms with van der Waals surface area (Å²) in [4.78, 5) is 14.7. The fourth-order valence-electron chi connectivity index (χ4n) is 1.76. The van der Waals surface area contributed by atoms with E-state index in [0.717, 1.165) is 23.5 Å². The van der Waals surface area contributed by atoms with Crippen molar-refractivity contribution in [3.8, 4) is 0 Å². The number of carbonyl (C=O) groups is 1. The summed E-state index contributed by atoms with van der Waals surface area (Å²) in [6, 6.07) is 7.67. The second-order valence-electron chi connectivity index (χ2n) is 4.07. The first-order valence-corrected chi connectivity index (χ1v) is 7.26. The normalized spacial score (nSPS) is 12.2. The van der Waals surface area contributed by atoms with Crippen LogP contribution in [-0.2, 0) is 4.79 Å². The van der Waals surface area contributed by atoms with E-state index >= 15 is 0 Å². The molecular formula is C14H21NO2S. The third-order valence-corrected chi connectivity index (χ3v) is 3.91. The molecule has 1 N–H and O–H groups in total. The molecule has 0 aliphatic rings. The maximum absolute atomic E-state index is 11.9. The van der Waals surface area contributed by atoms with E-state index in [4.69, 9.17) is 0 Å². The van der Waals surface area contributed by atoms with E-state index in [1.807, 2.05) is 43.0 Å². The molecule has 1 atom stereocenters. The Morgan fingerprint density at radius 3 is 2.50 bits per heavy atom. The fourth-order valence-corrected chi connectivity index (χ4v) is 2.81. The van der Waals surface area contributed by atoms with E-state index in [9.17, 15) is 9.90 Å². The number of carbonyl (C=O) groups excluding carboxylic acids is 1. The minimum Gasteiger partial charge on any atom is -0.389 e. The highest BCUT2D eigenvalue weighted by atomic mass is 32.2. The van der Waals surface area contributed by atoms with Crippen LogP contribution in [0, 0.1) is 0 Å². The average Bonchev–Trinajstić information content (AvgIpc) is 2.38. The summed E-state index contributed by atoms with van der Waals surface area (Å²) in [6.07, 6.45) is -0.503. The summed E-state index contributed by atoms with van der Waals surface area (Å²) in [7, 11) is 0. The first kappa shape index (κ1) is 15.1. The number of aliphatic hydroxyl groups excluding tert-OH is 1. The second-order valence-corrected chi connectivity index (χ2v) is 5.09. The lowest BCUT2D eigenvalue weighted by molar-refractivity contribution is -0.127. The average molecular weight is 267 g/mol. The van der Waals surface area contributed by atoms with E-state index in [0.29, 0.717) is 5.75 Å². The molecule has 0 fully saturated rings. The standard InChI is InChI=1S/C14H21NO2S/c1-4-15(5-2)14(17)10-18-13-9-7-6-8-12(13)11(3)16/h6-9,11,16H,4-5,10H2,1-3H3. The molecule has 0 radical (unpaired) electrons. The van der Waals surface area contributed by atoms with Crippen LogP contribution >= 0.6 is 11.8 Å². The Bertz CT molecular complexity index is 389. The molecular weight excluding hydrogens is 246 g/mol. The molecule has 1 unspecified atom stereocenters. The fraction of sp³-hybridized carbons (Fsp3) is 0.500. The lowest BCUT2D eigenvalue weighted by Gasteiger charge is -2.19.